The average Bonchev–Trinajstić information content (AvgIpc) is 3.38. The molecule has 0 spiro atoms. The first-order valence-corrected chi connectivity index (χ1v) is 13.0. The molecule has 1 aliphatic carbocycles. The van der Waals surface area contributed by atoms with Gasteiger partial charge in [-0.2, -0.15) is 0 Å². The number of benzene rings is 2. The van der Waals surface area contributed by atoms with Gasteiger partial charge in [-0.3, -0.25) is 0 Å². The van der Waals surface area contributed by atoms with Crippen LogP contribution in [0.1, 0.15) is 41.4 Å². The summed E-state index contributed by atoms with van der Waals surface area (Å²) >= 11 is 0. The number of H-pyrrole nitrogens is 1. The standard InChI is InChI=1S/C25H26N2O7S/c1-12-8-10-13(11-9-12)35(30,31)27-18-17(20-22(32-20)23-21(18)33-25(2,3)34-23)16-14-6-4-5-7-15(14)26-19(16)24(28)29/h4-11,17-18,20-23,26-27H,1-3H3,(H,28,29)/t17?,18-,20-,21+,22-,23+/m1/s1. The Kier molecular flexibility index (Phi) is 4.94. The quantitative estimate of drug-likeness (QED) is 0.461. The minimum Gasteiger partial charge on any atom is -0.477 e. The number of aryl methyl sites for hydroxylation is 1. The van der Waals surface area contributed by atoms with Crippen LogP contribution in [0, 0.1) is 6.92 Å². The summed E-state index contributed by atoms with van der Waals surface area (Å²) in [6.07, 6.45) is -1.89. The number of hydrogen-bond donors (Lipinski definition) is 3. The molecule has 3 aliphatic rings. The number of aromatic nitrogens is 1. The van der Waals surface area contributed by atoms with Crippen LogP contribution in [0.5, 0.6) is 0 Å². The number of epoxide rings is 1. The first-order valence-electron chi connectivity index (χ1n) is 11.5. The summed E-state index contributed by atoms with van der Waals surface area (Å²) in [6.45, 7) is 5.43. The SMILES string of the molecule is Cc1ccc(S(=O)(=O)N[C@@H]2C(c3c(C(=O)O)[nH]c4ccccc34)[C@H]3O[C@H]3[C@H]3OC(C)(C)O[C@H]32)cc1. The molecular formula is C25H26N2O7S. The van der Waals surface area contributed by atoms with Gasteiger partial charge in [0.15, 0.2) is 5.79 Å². The van der Waals surface area contributed by atoms with E-state index in [0.29, 0.717) is 16.5 Å². The highest BCUT2D eigenvalue weighted by Gasteiger charge is 2.67. The van der Waals surface area contributed by atoms with Crippen molar-refractivity contribution >= 4 is 26.9 Å². The van der Waals surface area contributed by atoms with Crippen LogP contribution >= 0.6 is 0 Å². The van der Waals surface area contributed by atoms with Crippen molar-refractivity contribution in [3.05, 3.63) is 65.4 Å². The Morgan fingerprint density at radius 3 is 2.40 bits per heavy atom. The Bertz CT molecular complexity index is 1430. The second kappa shape index (κ2) is 7.62. The van der Waals surface area contributed by atoms with E-state index < -0.39 is 52.1 Å². The largest absolute Gasteiger partial charge is 0.477 e. The summed E-state index contributed by atoms with van der Waals surface area (Å²) in [7, 11) is -3.97. The number of rotatable bonds is 5. The van der Waals surface area contributed by atoms with Crippen molar-refractivity contribution in [2.75, 3.05) is 0 Å². The first kappa shape index (κ1) is 22.7. The molecule has 6 rings (SSSR count). The number of nitrogens with one attached hydrogen (secondary N) is 2. The zero-order valence-electron chi connectivity index (χ0n) is 19.4. The predicted molar refractivity (Wildman–Crippen MR) is 126 cm³/mol. The highest BCUT2D eigenvalue weighted by Crippen LogP contribution is 2.54. The molecule has 0 bridgehead atoms. The number of carboxylic acid groups (broad SMARTS) is 1. The lowest BCUT2D eigenvalue weighted by molar-refractivity contribution is -0.149. The lowest BCUT2D eigenvalue weighted by Crippen LogP contribution is -2.56. The highest BCUT2D eigenvalue weighted by atomic mass is 32.2. The van der Waals surface area contributed by atoms with Crippen molar-refractivity contribution in [3.63, 3.8) is 0 Å². The van der Waals surface area contributed by atoms with Crippen molar-refractivity contribution in [2.24, 2.45) is 0 Å². The average molecular weight is 499 g/mol. The van der Waals surface area contributed by atoms with Crippen molar-refractivity contribution in [1.82, 2.24) is 9.71 Å². The second-order valence-electron chi connectivity index (χ2n) is 9.88. The number of aromatic amines is 1. The smallest absolute Gasteiger partial charge is 0.352 e. The van der Waals surface area contributed by atoms with Crippen LogP contribution in [0.15, 0.2) is 53.4 Å². The fourth-order valence-corrected chi connectivity index (χ4v) is 6.84. The van der Waals surface area contributed by atoms with E-state index in [1.807, 2.05) is 25.1 Å². The van der Waals surface area contributed by atoms with Crippen molar-refractivity contribution < 1.29 is 32.5 Å². The second-order valence-corrected chi connectivity index (χ2v) is 11.6. The van der Waals surface area contributed by atoms with E-state index in [9.17, 15) is 18.3 Å². The van der Waals surface area contributed by atoms with Crippen LogP contribution in [-0.2, 0) is 24.2 Å². The molecule has 2 aromatic carbocycles. The topological polar surface area (TPSA) is 130 Å². The van der Waals surface area contributed by atoms with Gasteiger partial charge in [0.2, 0.25) is 10.0 Å². The predicted octanol–water partition coefficient (Wildman–Crippen LogP) is 2.91. The zero-order chi connectivity index (χ0) is 24.7. The summed E-state index contributed by atoms with van der Waals surface area (Å²) in [5.74, 6) is -2.68. The fourth-order valence-electron chi connectivity index (χ4n) is 5.57. The summed E-state index contributed by atoms with van der Waals surface area (Å²) in [6, 6.07) is 13.0. The van der Waals surface area contributed by atoms with Crippen LogP contribution in [-0.4, -0.2) is 60.7 Å². The van der Waals surface area contributed by atoms with E-state index >= 15 is 0 Å². The Morgan fingerprint density at radius 2 is 1.69 bits per heavy atom. The molecule has 2 aliphatic heterocycles. The monoisotopic (exact) mass is 498 g/mol. The summed E-state index contributed by atoms with van der Waals surface area (Å²) in [5.41, 5.74) is 2.11. The van der Waals surface area contributed by atoms with E-state index in [2.05, 4.69) is 9.71 Å². The summed E-state index contributed by atoms with van der Waals surface area (Å²) in [4.78, 5) is 15.4. The molecule has 3 N–H and O–H groups in total. The van der Waals surface area contributed by atoms with Gasteiger partial charge < -0.3 is 24.3 Å². The van der Waals surface area contributed by atoms with Crippen LogP contribution < -0.4 is 4.72 Å². The summed E-state index contributed by atoms with van der Waals surface area (Å²) in [5, 5.41) is 10.7. The molecule has 1 aromatic heterocycles. The Hall–Kier alpha value is -2.76. The third-order valence-corrected chi connectivity index (χ3v) is 8.53. The molecule has 3 aromatic rings. The van der Waals surface area contributed by atoms with Crippen molar-refractivity contribution in [2.45, 2.75) is 67.8 Å². The number of carbonyl (C=O) groups is 1. The number of para-hydroxylation sites is 1. The fraction of sp³-hybridized carbons (Fsp3) is 0.400. The minimum absolute atomic E-state index is 0.0154. The van der Waals surface area contributed by atoms with Gasteiger partial charge in [-0.25, -0.2) is 17.9 Å². The molecule has 3 heterocycles. The lowest BCUT2D eigenvalue weighted by Gasteiger charge is -2.36. The Labute approximate surface area is 202 Å². The van der Waals surface area contributed by atoms with E-state index in [4.69, 9.17) is 14.2 Å². The van der Waals surface area contributed by atoms with Crippen LogP contribution in [0.3, 0.4) is 0 Å². The summed E-state index contributed by atoms with van der Waals surface area (Å²) < 4.78 is 48.2. The molecule has 9 nitrogen and oxygen atoms in total. The maximum absolute atomic E-state index is 13.5. The molecule has 1 unspecified atom stereocenters. The maximum Gasteiger partial charge on any atom is 0.352 e. The van der Waals surface area contributed by atoms with Gasteiger partial charge in [0.1, 0.15) is 24.0 Å². The van der Waals surface area contributed by atoms with Gasteiger partial charge in [0.05, 0.1) is 17.0 Å². The van der Waals surface area contributed by atoms with Crippen molar-refractivity contribution in [1.29, 1.82) is 0 Å². The Morgan fingerprint density at radius 1 is 1.00 bits per heavy atom. The van der Waals surface area contributed by atoms with E-state index in [1.54, 1.807) is 44.2 Å². The van der Waals surface area contributed by atoms with Gasteiger partial charge in [0.25, 0.3) is 0 Å². The molecule has 0 radical (unpaired) electrons. The third kappa shape index (κ3) is 3.68. The zero-order valence-corrected chi connectivity index (χ0v) is 20.2. The normalized spacial score (nSPS) is 31.2. The van der Waals surface area contributed by atoms with Gasteiger partial charge in [-0.05, 0) is 44.5 Å². The van der Waals surface area contributed by atoms with Gasteiger partial charge in [0, 0.05) is 16.8 Å². The molecule has 0 amide bonds. The number of sulfonamides is 1. The van der Waals surface area contributed by atoms with Gasteiger partial charge >= 0.3 is 5.97 Å². The highest BCUT2D eigenvalue weighted by molar-refractivity contribution is 7.89. The number of aromatic carboxylic acids is 1. The number of fused-ring (bicyclic) bond motifs is 4. The first-order chi connectivity index (χ1) is 16.6. The minimum atomic E-state index is -3.97. The third-order valence-electron chi connectivity index (χ3n) is 7.06. The van der Waals surface area contributed by atoms with Crippen LogP contribution in [0.25, 0.3) is 10.9 Å². The van der Waals surface area contributed by atoms with E-state index in [1.165, 1.54) is 0 Å². The van der Waals surface area contributed by atoms with Crippen LogP contribution in [0.4, 0.5) is 0 Å². The van der Waals surface area contributed by atoms with E-state index in [0.717, 1.165) is 5.56 Å². The van der Waals surface area contributed by atoms with Crippen molar-refractivity contribution in [3.8, 4) is 0 Å². The number of ether oxygens (including phenoxy) is 3. The molecule has 3 fully saturated rings. The van der Waals surface area contributed by atoms with Gasteiger partial charge in [-0.1, -0.05) is 35.9 Å². The molecule has 2 saturated heterocycles. The van der Waals surface area contributed by atoms with Gasteiger partial charge in [-0.15, -0.1) is 0 Å². The van der Waals surface area contributed by atoms with Crippen LogP contribution in [0.2, 0.25) is 0 Å². The Balaban J connectivity index is 1.50. The molecule has 35 heavy (non-hydrogen) atoms. The molecule has 184 valence electrons. The maximum atomic E-state index is 13.5. The molecular weight excluding hydrogens is 472 g/mol. The number of hydrogen-bond acceptors (Lipinski definition) is 6. The molecule has 1 saturated carbocycles. The molecule has 10 heteroatoms. The lowest BCUT2D eigenvalue weighted by atomic mass is 9.76. The molecule has 6 atom stereocenters. The van der Waals surface area contributed by atoms with E-state index in [-0.39, 0.29) is 16.7 Å². The number of carboxylic acids is 1.